The Morgan fingerprint density at radius 1 is 0.714 bits per heavy atom. The molecule has 0 unspecified atom stereocenters. The van der Waals surface area contributed by atoms with Crippen LogP contribution in [0.25, 0.3) is 11.1 Å². The van der Waals surface area contributed by atoms with Crippen molar-refractivity contribution < 1.29 is 23.8 Å². The van der Waals surface area contributed by atoms with Gasteiger partial charge in [-0.05, 0) is 59.7 Å². The van der Waals surface area contributed by atoms with E-state index in [9.17, 15) is 9.59 Å². The van der Waals surface area contributed by atoms with Crippen molar-refractivity contribution in [2.24, 2.45) is 0 Å². The molecule has 28 heavy (non-hydrogen) atoms. The van der Waals surface area contributed by atoms with Gasteiger partial charge in [0.25, 0.3) is 0 Å². The number of hydrogen-bond acceptors (Lipinski definition) is 5. The lowest BCUT2D eigenvalue weighted by Crippen LogP contribution is -2.08. The normalized spacial score (nSPS) is 10.0. The summed E-state index contributed by atoms with van der Waals surface area (Å²) in [7, 11) is 1.62. The van der Waals surface area contributed by atoms with E-state index in [0.29, 0.717) is 17.1 Å². The van der Waals surface area contributed by atoms with Crippen molar-refractivity contribution in [1.29, 1.82) is 0 Å². The number of esters is 2. The maximum atomic E-state index is 12.3. The van der Waals surface area contributed by atoms with E-state index in [0.717, 1.165) is 23.0 Å². The second-order valence-corrected chi connectivity index (χ2v) is 5.79. The molecule has 0 saturated carbocycles. The number of benzene rings is 3. The highest BCUT2D eigenvalue weighted by Gasteiger charge is 2.10. The van der Waals surface area contributed by atoms with Crippen LogP contribution in [0.5, 0.6) is 17.2 Å². The Labute approximate surface area is 162 Å². The molecular weight excluding hydrogens is 356 g/mol. The lowest BCUT2D eigenvalue weighted by atomic mass is 10.0. The van der Waals surface area contributed by atoms with Crippen molar-refractivity contribution in [2.75, 3.05) is 7.11 Å². The third-order valence-electron chi connectivity index (χ3n) is 3.96. The van der Waals surface area contributed by atoms with Crippen LogP contribution in [0.4, 0.5) is 0 Å². The van der Waals surface area contributed by atoms with Crippen molar-refractivity contribution in [2.45, 2.75) is 0 Å². The first kappa shape index (κ1) is 18.9. The first-order valence-electron chi connectivity index (χ1n) is 8.50. The Hall–Kier alpha value is -3.86. The number of carbonyl (C=O) groups is 2. The lowest BCUT2D eigenvalue weighted by Gasteiger charge is -2.07. The molecule has 0 aromatic heterocycles. The molecule has 0 saturated heterocycles. The largest absolute Gasteiger partial charge is 0.497 e. The molecular formula is C23H18O5. The van der Waals surface area contributed by atoms with Crippen molar-refractivity contribution in [1.82, 2.24) is 0 Å². The second kappa shape index (κ2) is 8.68. The molecule has 3 aromatic carbocycles. The van der Waals surface area contributed by atoms with E-state index in [1.807, 2.05) is 36.4 Å². The maximum Gasteiger partial charge on any atom is 0.343 e. The maximum absolute atomic E-state index is 12.3. The minimum atomic E-state index is -0.554. The first-order valence-corrected chi connectivity index (χ1v) is 8.50. The highest BCUT2D eigenvalue weighted by atomic mass is 16.5. The van der Waals surface area contributed by atoms with Crippen LogP contribution >= 0.6 is 0 Å². The summed E-state index contributed by atoms with van der Waals surface area (Å²) in [6, 6.07) is 21.0. The molecule has 0 aliphatic carbocycles. The van der Waals surface area contributed by atoms with E-state index < -0.39 is 11.9 Å². The van der Waals surface area contributed by atoms with E-state index in [4.69, 9.17) is 14.2 Å². The van der Waals surface area contributed by atoms with Crippen molar-refractivity contribution >= 4 is 11.9 Å². The molecule has 0 spiro atoms. The predicted octanol–water partition coefficient (Wildman–Crippen LogP) is 4.67. The molecule has 0 radical (unpaired) electrons. The summed E-state index contributed by atoms with van der Waals surface area (Å²) >= 11 is 0. The van der Waals surface area contributed by atoms with Crippen LogP contribution in [0, 0.1) is 0 Å². The molecule has 0 amide bonds. The van der Waals surface area contributed by atoms with Crippen LogP contribution in [-0.4, -0.2) is 19.0 Å². The zero-order chi connectivity index (χ0) is 19.9. The van der Waals surface area contributed by atoms with Crippen LogP contribution in [0.15, 0.2) is 85.5 Å². The number of carbonyl (C=O) groups excluding carboxylic acids is 2. The average molecular weight is 374 g/mol. The van der Waals surface area contributed by atoms with Crippen molar-refractivity contribution in [3.05, 3.63) is 91.0 Å². The Morgan fingerprint density at radius 2 is 1.18 bits per heavy atom. The fourth-order valence-electron chi connectivity index (χ4n) is 2.48. The van der Waals surface area contributed by atoms with Gasteiger partial charge >= 0.3 is 11.9 Å². The smallest absolute Gasteiger partial charge is 0.343 e. The first-order chi connectivity index (χ1) is 13.6. The van der Waals surface area contributed by atoms with Crippen molar-refractivity contribution in [3.63, 3.8) is 0 Å². The van der Waals surface area contributed by atoms with Gasteiger partial charge in [-0.1, -0.05) is 30.8 Å². The third-order valence-corrected chi connectivity index (χ3v) is 3.96. The van der Waals surface area contributed by atoms with E-state index in [2.05, 4.69) is 6.58 Å². The molecule has 0 heterocycles. The fourth-order valence-corrected chi connectivity index (χ4v) is 2.48. The molecule has 5 heteroatoms. The van der Waals surface area contributed by atoms with Gasteiger partial charge in [-0.25, -0.2) is 9.59 Å². The Balaban J connectivity index is 1.65. The van der Waals surface area contributed by atoms with E-state index in [-0.39, 0.29) is 0 Å². The standard InChI is InChI=1S/C23H18O5/c1-3-22(24)27-20-12-14-21(15-13-20)28-23(25)18-6-4-16(5-7-18)17-8-10-19(26-2)11-9-17/h3-15H,1H2,2H3. The fraction of sp³-hybridized carbons (Fsp3) is 0.0435. The molecule has 0 atom stereocenters. The van der Waals surface area contributed by atoms with Gasteiger partial charge in [-0.15, -0.1) is 0 Å². The van der Waals surface area contributed by atoms with Crippen molar-refractivity contribution in [3.8, 4) is 28.4 Å². The molecule has 140 valence electrons. The van der Waals surface area contributed by atoms with Gasteiger partial charge in [0.15, 0.2) is 0 Å². The van der Waals surface area contributed by atoms with Gasteiger partial charge in [0.1, 0.15) is 17.2 Å². The molecule has 5 nitrogen and oxygen atoms in total. The van der Waals surface area contributed by atoms with E-state index in [1.165, 1.54) is 12.1 Å². The van der Waals surface area contributed by atoms with Crippen LogP contribution in [0.2, 0.25) is 0 Å². The van der Waals surface area contributed by atoms with Crippen LogP contribution < -0.4 is 14.2 Å². The highest BCUT2D eigenvalue weighted by molar-refractivity contribution is 5.91. The molecule has 0 N–H and O–H groups in total. The predicted molar refractivity (Wildman–Crippen MR) is 106 cm³/mol. The average Bonchev–Trinajstić information content (AvgIpc) is 2.75. The van der Waals surface area contributed by atoms with Gasteiger partial charge in [0.05, 0.1) is 12.7 Å². The van der Waals surface area contributed by atoms with Gasteiger partial charge in [0.2, 0.25) is 0 Å². The number of hydrogen-bond donors (Lipinski definition) is 0. The molecule has 3 aromatic rings. The SMILES string of the molecule is C=CC(=O)Oc1ccc(OC(=O)c2ccc(-c3ccc(OC)cc3)cc2)cc1. The molecule has 3 rings (SSSR count). The molecule has 0 bridgehead atoms. The minimum absolute atomic E-state index is 0.341. The summed E-state index contributed by atoms with van der Waals surface area (Å²) in [5, 5.41) is 0. The number of ether oxygens (including phenoxy) is 3. The van der Waals surface area contributed by atoms with E-state index in [1.54, 1.807) is 31.4 Å². The summed E-state index contributed by atoms with van der Waals surface area (Å²) in [4.78, 5) is 23.5. The molecule has 0 aliphatic heterocycles. The summed E-state index contributed by atoms with van der Waals surface area (Å²) in [5.74, 6) is 0.448. The van der Waals surface area contributed by atoms with Gasteiger partial charge in [-0.2, -0.15) is 0 Å². The quantitative estimate of drug-likeness (QED) is 0.356. The van der Waals surface area contributed by atoms with Gasteiger partial charge < -0.3 is 14.2 Å². The lowest BCUT2D eigenvalue weighted by molar-refractivity contribution is -0.128. The topological polar surface area (TPSA) is 61.8 Å². The van der Waals surface area contributed by atoms with E-state index >= 15 is 0 Å². The summed E-state index contributed by atoms with van der Waals surface area (Å²) in [6.45, 7) is 3.33. The van der Waals surface area contributed by atoms with Gasteiger partial charge in [-0.3, -0.25) is 0 Å². The summed E-state index contributed by atoms with van der Waals surface area (Å²) in [6.07, 6.45) is 1.07. The Morgan fingerprint density at radius 3 is 1.68 bits per heavy atom. The van der Waals surface area contributed by atoms with Gasteiger partial charge in [0, 0.05) is 6.08 Å². The Kier molecular flexibility index (Phi) is 5.87. The third kappa shape index (κ3) is 4.65. The summed E-state index contributed by atoms with van der Waals surface area (Å²) < 4.78 is 15.5. The van der Waals surface area contributed by atoms with Crippen LogP contribution in [0.3, 0.4) is 0 Å². The molecule has 0 fully saturated rings. The second-order valence-electron chi connectivity index (χ2n) is 5.79. The summed E-state index contributed by atoms with van der Waals surface area (Å²) in [5.41, 5.74) is 2.43. The number of rotatable bonds is 6. The monoisotopic (exact) mass is 374 g/mol. The number of methoxy groups -OCH3 is 1. The zero-order valence-electron chi connectivity index (χ0n) is 15.3. The van der Waals surface area contributed by atoms with Crippen LogP contribution in [-0.2, 0) is 4.79 Å². The Bertz CT molecular complexity index is 971. The minimum Gasteiger partial charge on any atom is -0.497 e. The molecule has 0 aliphatic rings. The zero-order valence-corrected chi connectivity index (χ0v) is 15.3. The van der Waals surface area contributed by atoms with Crippen LogP contribution in [0.1, 0.15) is 10.4 Å². The highest BCUT2D eigenvalue weighted by Crippen LogP contribution is 2.23.